The summed E-state index contributed by atoms with van der Waals surface area (Å²) >= 11 is 0. The highest BCUT2D eigenvalue weighted by Gasteiger charge is 2.52. The van der Waals surface area contributed by atoms with Gasteiger partial charge >= 0.3 is 0 Å². The van der Waals surface area contributed by atoms with Gasteiger partial charge in [-0.25, -0.2) is 0 Å². The Morgan fingerprint density at radius 2 is 1.37 bits per heavy atom. The Morgan fingerprint density at radius 3 is 2.06 bits per heavy atom. The quantitative estimate of drug-likeness (QED) is 0.120. The topological polar surface area (TPSA) is 304 Å². The molecule has 4 heterocycles. The summed E-state index contributed by atoms with van der Waals surface area (Å²) in [6, 6.07) is 8.29. The summed E-state index contributed by atoms with van der Waals surface area (Å²) in [5, 5.41) is 114. The van der Waals surface area contributed by atoms with Gasteiger partial charge in [0.15, 0.2) is 18.4 Å². The number of aromatic hydroxyl groups is 2. The van der Waals surface area contributed by atoms with Gasteiger partial charge in [0.1, 0.15) is 102 Å². The third kappa shape index (κ3) is 7.56. The minimum Gasteiger partial charge on any atom is -0.508 e. The van der Waals surface area contributed by atoms with Gasteiger partial charge < -0.3 is 89.3 Å². The van der Waals surface area contributed by atoms with E-state index in [2.05, 4.69) is 0 Å². The lowest BCUT2D eigenvalue weighted by atomic mass is 9.95. The first-order valence-electron chi connectivity index (χ1n) is 16.5. The number of Topliss-reactive ketones (excluding diaryl/α,β-unsaturated/α-hetero) is 1. The lowest BCUT2D eigenvalue weighted by Crippen LogP contribution is -2.65. The van der Waals surface area contributed by atoms with Crippen molar-refractivity contribution in [3.05, 3.63) is 47.5 Å². The van der Waals surface area contributed by atoms with E-state index in [0.29, 0.717) is 5.56 Å². The second-order valence-electron chi connectivity index (χ2n) is 13.1. The fourth-order valence-electron chi connectivity index (χ4n) is 6.47. The van der Waals surface area contributed by atoms with Crippen molar-refractivity contribution >= 4 is 5.78 Å². The van der Waals surface area contributed by atoms with Crippen LogP contribution in [0.2, 0.25) is 0 Å². The summed E-state index contributed by atoms with van der Waals surface area (Å²) in [6.07, 6.45) is -25.8. The van der Waals surface area contributed by atoms with Crippen LogP contribution in [-0.4, -0.2) is 167 Å². The zero-order valence-corrected chi connectivity index (χ0v) is 27.5. The van der Waals surface area contributed by atoms with Crippen LogP contribution >= 0.6 is 0 Å². The minimum absolute atomic E-state index is 0.00534. The minimum atomic E-state index is -1.94. The molecule has 288 valence electrons. The maximum absolute atomic E-state index is 13.0. The number of benzene rings is 2. The van der Waals surface area contributed by atoms with Gasteiger partial charge in [-0.3, -0.25) is 4.79 Å². The van der Waals surface area contributed by atoms with Crippen molar-refractivity contribution in [3.8, 4) is 23.0 Å². The van der Waals surface area contributed by atoms with E-state index in [1.54, 1.807) is 12.1 Å². The molecule has 1 unspecified atom stereocenters. The van der Waals surface area contributed by atoms with Crippen LogP contribution in [0.5, 0.6) is 23.0 Å². The van der Waals surface area contributed by atoms with Crippen LogP contribution in [0.4, 0.5) is 0 Å². The summed E-state index contributed by atoms with van der Waals surface area (Å²) in [7, 11) is 0. The number of aliphatic hydroxyl groups excluding tert-OH is 9. The van der Waals surface area contributed by atoms with E-state index in [4.69, 9.17) is 33.2 Å². The van der Waals surface area contributed by atoms with E-state index >= 15 is 0 Å². The monoisotopic (exact) mass is 742 g/mol. The first-order chi connectivity index (χ1) is 24.7. The van der Waals surface area contributed by atoms with E-state index in [9.17, 15) is 61.0 Å². The number of ether oxygens (including phenoxy) is 7. The number of carbonyl (C=O) groups excluding carboxylic acids is 1. The third-order valence-corrected chi connectivity index (χ3v) is 9.50. The number of fused-ring (bicyclic) bond motifs is 1. The fraction of sp³-hybridized carbons (Fsp3) is 0.606. The van der Waals surface area contributed by atoms with Gasteiger partial charge in [-0.2, -0.15) is 0 Å². The van der Waals surface area contributed by atoms with Crippen molar-refractivity contribution in [1.82, 2.24) is 0 Å². The summed E-state index contributed by atoms with van der Waals surface area (Å²) in [5.74, 6) is -1.22. The number of rotatable bonds is 9. The average Bonchev–Trinajstić information content (AvgIpc) is 3.11. The molecule has 2 aromatic rings. The highest BCUT2D eigenvalue weighted by Crippen LogP contribution is 2.43. The average molecular weight is 743 g/mol. The zero-order valence-electron chi connectivity index (χ0n) is 27.5. The molecule has 52 heavy (non-hydrogen) atoms. The van der Waals surface area contributed by atoms with Gasteiger partial charge in [0.25, 0.3) is 0 Å². The summed E-state index contributed by atoms with van der Waals surface area (Å²) in [5.41, 5.74) is 0.438. The molecule has 0 saturated carbocycles. The molecule has 3 saturated heterocycles. The number of aliphatic hydroxyl groups is 9. The van der Waals surface area contributed by atoms with Crippen molar-refractivity contribution < 1.29 is 94.1 Å². The highest BCUT2D eigenvalue weighted by molar-refractivity contribution is 6.02. The van der Waals surface area contributed by atoms with E-state index in [1.807, 2.05) is 0 Å². The van der Waals surface area contributed by atoms with Crippen LogP contribution in [0.25, 0.3) is 0 Å². The molecule has 19 nitrogen and oxygen atoms in total. The first-order valence-corrected chi connectivity index (χ1v) is 16.5. The molecule has 4 aliphatic heterocycles. The second-order valence-corrected chi connectivity index (χ2v) is 13.1. The molecule has 0 amide bonds. The predicted molar refractivity (Wildman–Crippen MR) is 167 cm³/mol. The van der Waals surface area contributed by atoms with Crippen molar-refractivity contribution in [3.63, 3.8) is 0 Å². The van der Waals surface area contributed by atoms with E-state index < -0.39 is 123 Å². The van der Waals surface area contributed by atoms with Gasteiger partial charge in [0.2, 0.25) is 6.29 Å². The van der Waals surface area contributed by atoms with Gasteiger partial charge in [-0.15, -0.1) is 0 Å². The molecule has 16 atom stereocenters. The number of phenols is 2. The second kappa shape index (κ2) is 15.6. The Labute approximate surface area is 295 Å². The number of phenolic OH excluding ortho intramolecular Hbond substituents is 2. The Kier molecular flexibility index (Phi) is 11.6. The van der Waals surface area contributed by atoms with Crippen LogP contribution in [0, 0.1) is 0 Å². The standard InChI is InChI=1S/C33H42O19/c1-11-22(38)24(40)27(43)31(47-11)46-10-20-30(52-33-28(44)25(41)23(39)19(9-34)50-33)26(42)29(45)32(51-20)48-14-6-15(36)21-16(37)8-17(49-18(21)7-14)12-2-4-13(35)5-3-12/h2-7,11,17,19-20,22-36,38-45H,8-10H2,1H3/t11-,17?,19+,20+,22-,23+,24+,25-,26+,27+,28+,29+,30+,31+,32+,33+/m0/s1. The number of ketones is 1. The van der Waals surface area contributed by atoms with Crippen LogP contribution in [0.15, 0.2) is 36.4 Å². The Bertz CT molecular complexity index is 1540. The van der Waals surface area contributed by atoms with E-state index in [0.717, 1.165) is 6.07 Å². The smallest absolute Gasteiger partial charge is 0.229 e. The van der Waals surface area contributed by atoms with Crippen molar-refractivity contribution in [1.29, 1.82) is 0 Å². The van der Waals surface area contributed by atoms with Gasteiger partial charge in [-0.05, 0) is 24.6 Å². The molecule has 0 radical (unpaired) electrons. The molecule has 2 aromatic carbocycles. The molecule has 0 aromatic heterocycles. The van der Waals surface area contributed by atoms with Gasteiger partial charge in [0.05, 0.1) is 25.7 Å². The Balaban J connectivity index is 1.24. The summed E-state index contributed by atoms with van der Waals surface area (Å²) in [4.78, 5) is 13.0. The molecule has 11 N–H and O–H groups in total. The SMILES string of the molecule is C[C@@H]1O[C@@H](OC[C@H]2O[C@@H](Oc3cc(O)c4c(c3)OC(c3ccc(O)cc3)CC4=O)[C@H](O)[C@@H](O)[C@@H]2O[C@H]2O[C@H](CO)[C@@H](O)[C@H](O)[C@H]2O)[C@H](O)[C@H](O)[C@H]1O. The zero-order chi connectivity index (χ0) is 37.6. The largest absolute Gasteiger partial charge is 0.508 e. The molecular weight excluding hydrogens is 700 g/mol. The van der Waals surface area contributed by atoms with Crippen LogP contribution in [0.3, 0.4) is 0 Å². The molecule has 0 aliphatic carbocycles. The molecule has 3 fully saturated rings. The molecule has 19 heteroatoms. The van der Waals surface area contributed by atoms with Gasteiger partial charge in [0, 0.05) is 12.1 Å². The fourth-order valence-corrected chi connectivity index (χ4v) is 6.47. The van der Waals surface area contributed by atoms with Gasteiger partial charge in [-0.1, -0.05) is 12.1 Å². The molecular formula is C33H42O19. The number of hydrogen-bond donors (Lipinski definition) is 11. The Hall–Kier alpha value is -3.25. The van der Waals surface area contributed by atoms with Crippen molar-refractivity contribution in [2.45, 2.75) is 112 Å². The maximum Gasteiger partial charge on any atom is 0.229 e. The van der Waals surface area contributed by atoms with E-state index in [1.165, 1.54) is 25.1 Å². The molecule has 4 aliphatic rings. The normalized spacial score (nSPS) is 40.8. The van der Waals surface area contributed by atoms with Crippen LogP contribution < -0.4 is 9.47 Å². The summed E-state index contributed by atoms with van der Waals surface area (Å²) < 4.78 is 40.0. The van der Waals surface area contributed by atoms with Crippen LogP contribution in [-0.2, 0) is 23.7 Å². The van der Waals surface area contributed by atoms with Crippen LogP contribution in [0.1, 0.15) is 35.4 Å². The molecule has 0 bridgehead atoms. The highest BCUT2D eigenvalue weighted by atomic mass is 16.8. The maximum atomic E-state index is 13.0. The molecule has 6 rings (SSSR count). The van der Waals surface area contributed by atoms with Crippen molar-refractivity contribution in [2.75, 3.05) is 13.2 Å². The number of hydrogen-bond acceptors (Lipinski definition) is 19. The lowest BCUT2D eigenvalue weighted by Gasteiger charge is -2.46. The summed E-state index contributed by atoms with van der Waals surface area (Å²) in [6.45, 7) is -0.00766. The third-order valence-electron chi connectivity index (χ3n) is 9.50. The lowest BCUT2D eigenvalue weighted by molar-refractivity contribution is -0.359. The number of carbonyl (C=O) groups is 1. The molecule has 0 spiro atoms. The van der Waals surface area contributed by atoms with E-state index in [-0.39, 0.29) is 29.2 Å². The first kappa shape index (κ1) is 38.5. The predicted octanol–water partition coefficient (Wildman–Crippen LogP) is -3.34. The Morgan fingerprint density at radius 1 is 0.731 bits per heavy atom. The van der Waals surface area contributed by atoms with Crippen molar-refractivity contribution in [2.24, 2.45) is 0 Å².